The molecule has 0 aromatic carbocycles. The molecule has 1 amide bonds. The largest absolute Gasteiger partial charge is 0.468 e. The smallest absolute Gasteiger partial charge is 0.224 e. The number of hydrogen-bond acceptors (Lipinski definition) is 4. The number of likely N-dealkylation sites (N-methyl/N-ethyl adjacent to an activating group) is 1. The van der Waals surface area contributed by atoms with Gasteiger partial charge >= 0.3 is 0 Å². The van der Waals surface area contributed by atoms with E-state index < -0.39 is 0 Å². The van der Waals surface area contributed by atoms with Crippen LogP contribution in [0.1, 0.15) is 31.1 Å². The Labute approximate surface area is 114 Å². The van der Waals surface area contributed by atoms with E-state index in [-0.39, 0.29) is 23.9 Å². The number of carbonyl (C=O) groups excluding carboxylic acids is 1. The summed E-state index contributed by atoms with van der Waals surface area (Å²) in [5.74, 6) is 0.906. The Bertz CT molecular complexity index is 403. The van der Waals surface area contributed by atoms with Crippen molar-refractivity contribution in [2.24, 2.45) is 11.7 Å². The Balaban J connectivity index is 1.90. The van der Waals surface area contributed by atoms with Gasteiger partial charge in [-0.3, -0.25) is 9.69 Å². The van der Waals surface area contributed by atoms with E-state index in [4.69, 9.17) is 10.2 Å². The molecule has 1 fully saturated rings. The third kappa shape index (κ3) is 3.36. The number of carbonyl (C=O) groups is 1. The fourth-order valence-corrected chi connectivity index (χ4v) is 2.66. The highest BCUT2D eigenvalue weighted by molar-refractivity contribution is 5.79. The minimum atomic E-state index is -0.0283. The van der Waals surface area contributed by atoms with E-state index in [0.717, 1.165) is 25.0 Å². The van der Waals surface area contributed by atoms with Crippen LogP contribution in [0.2, 0.25) is 0 Å². The molecule has 3 atom stereocenters. The lowest BCUT2D eigenvalue weighted by Gasteiger charge is -2.24. The van der Waals surface area contributed by atoms with E-state index in [1.165, 1.54) is 0 Å². The lowest BCUT2D eigenvalue weighted by atomic mass is 10.0. The van der Waals surface area contributed by atoms with Crippen LogP contribution in [0.25, 0.3) is 0 Å². The topological polar surface area (TPSA) is 71.5 Å². The van der Waals surface area contributed by atoms with Crippen molar-refractivity contribution in [1.82, 2.24) is 10.2 Å². The fraction of sp³-hybridized carbons (Fsp3) is 0.643. The van der Waals surface area contributed by atoms with Gasteiger partial charge < -0.3 is 15.5 Å². The predicted octanol–water partition coefficient (Wildman–Crippen LogP) is 1.13. The molecule has 2 rings (SSSR count). The predicted molar refractivity (Wildman–Crippen MR) is 73.5 cm³/mol. The van der Waals surface area contributed by atoms with E-state index in [0.29, 0.717) is 6.54 Å². The van der Waals surface area contributed by atoms with Crippen LogP contribution in [0.5, 0.6) is 0 Å². The third-order valence-electron chi connectivity index (χ3n) is 3.87. The van der Waals surface area contributed by atoms with Gasteiger partial charge in [-0.25, -0.2) is 0 Å². The van der Waals surface area contributed by atoms with Gasteiger partial charge in [-0.05, 0) is 39.1 Å². The molecule has 3 unspecified atom stereocenters. The zero-order valence-electron chi connectivity index (χ0n) is 11.6. The molecule has 5 nitrogen and oxygen atoms in total. The highest BCUT2D eigenvalue weighted by atomic mass is 16.3. The monoisotopic (exact) mass is 265 g/mol. The minimum absolute atomic E-state index is 0.0152. The molecule has 0 aliphatic heterocycles. The summed E-state index contributed by atoms with van der Waals surface area (Å²) in [5.41, 5.74) is 5.95. The first-order valence-corrected chi connectivity index (χ1v) is 6.82. The summed E-state index contributed by atoms with van der Waals surface area (Å²) >= 11 is 0. The van der Waals surface area contributed by atoms with Crippen molar-refractivity contribution in [3.8, 4) is 0 Å². The zero-order valence-corrected chi connectivity index (χ0v) is 11.6. The molecule has 1 heterocycles. The molecule has 1 aliphatic rings. The Hall–Kier alpha value is -1.33. The molecule has 1 aromatic heterocycles. The van der Waals surface area contributed by atoms with Gasteiger partial charge in [0.25, 0.3) is 0 Å². The molecule has 3 N–H and O–H groups in total. The van der Waals surface area contributed by atoms with Crippen molar-refractivity contribution in [1.29, 1.82) is 0 Å². The summed E-state index contributed by atoms with van der Waals surface area (Å²) in [7, 11) is 3.95. The average molecular weight is 265 g/mol. The standard InChI is InChI=1S/C14H23N3O2/c1-17(2)12(13-7-4-8-19-13)9-16-14(18)10-5-3-6-11(10)15/h4,7-8,10-12H,3,5-6,9,15H2,1-2H3,(H,16,18). The number of furan rings is 1. The van der Waals surface area contributed by atoms with Crippen LogP contribution in [-0.2, 0) is 4.79 Å². The number of nitrogens with one attached hydrogen (secondary N) is 1. The minimum Gasteiger partial charge on any atom is -0.468 e. The fourth-order valence-electron chi connectivity index (χ4n) is 2.66. The molecule has 0 spiro atoms. The summed E-state index contributed by atoms with van der Waals surface area (Å²) in [4.78, 5) is 14.1. The molecule has 0 bridgehead atoms. The third-order valence-corrected chi connectivity index (χ3v) is 3.87. The summed E-state index contributed by atoms with van der Waals surface area (Å²) < 4.78 is 5.42. The van der Waals surface area contributed by atoms with Gasteiger partial charge in [-0.2, -0.15) is 0 Å². The highest BCUT2D eigenvalue weighted by Gasteiger charge is 2.30. The van der Waals surface area contributed by atoms with E-state index in [1.807, 2.05) is 31.1 Å². The Morgan fingerprint density at radius 3 is 2.89 bits per heavy atom. The second kappa shape index (κ2) is 6.21. The number of rotatable bonds is 5. The SMILES string of the molecule is CN(C)C(CNC(=O)C1CCCC1N)c1ccco1. The molecule has 1 aliphatic carbocycles. The van der Waals surface area contributed by atoms with Crippen LogP contribution in [0.4, 0.5) is 0 Å². The van der Waals surface area contributed by atoms with Crippen molar-refractivity contribution in [3.63, 3.8) is 0 Å². The van der Waals surface area contributed by atoms with Gasteiger partial charge in [0.2, 0.25) is 5.91 Å². The molecular formula is C14H23N3O2. The zero-order chi connectivity index (χ0) is 13.8. The molecule has 1 aromatic rings. The van der Waals surface area contributed by atoms with Gasteiger partial charge in [0.15, 0.2) is 0 Å². The van der Waals surface area contributed by atoms with Crippen LogP contribution >= 0.6 is 0 Å². The molecule has 0 radical (unpaired) electrons. The van der Waals surface area contributed by atoms with Gasteiger partial charge in [0.1, 0.15) is 5.76 Å². The van der Waals surface area contributed by atoms with Crippen molar-refractivity contribution in [2.45, 2.75) is 31.3 Å². The summed E-state index contributed by atoms with van der Waals surface area (Å²) in [6.07, 6.45) is 4.56. The van der Waals surface area contributed by atoms with E-state index >= 15 is 0 Å². The van der Waals surface area contributed by atoms with Gasteiger partial charge in [0, 0.05) is 12.6 Å². The van der Waals surface area contributed by atoms with Gasteiger partial charge in [0.05, 0.1) is 18.2 Å². The van der Waals surface area contributed by atoms with Crippen molar-refractivity contribution in [2.75, 3.05) is 20.6 Å². The van der Waals surface area contributed by atoms with Crippen LogP contribution in [0, 0.1) is 5.92 Å². The first-order valence-electron chi connectivity index (χ1n) is 6.82. The molecule has 1 saturated carbocycles. The Morgan fingerprint density at radius 1 is 1.58 bits per heavy atom. The van der Waals surface area contributed by atoms with Gasteiger partial charge in [-0.1, -0.05) is 6.42 Å². The maximum Gasteiger partial charge on any atom is 0.224 e. The maximum absolute atomic E-state index is 12.1. The number of hydrogen-bond donors (Lipinski definition) is 2. The molecular weight excluding hydrogens is 242 g/mol. The first-order chi connectivity index (χ1) is 9.09. The quantitative estimate of drug-likeness (QED) is 0.837. The van der Waals surface area contributed by atoms with Gasteiger partial charge in [-0.15, -0.1) is 0 Å². The second-order valence-electron chi connectivity index (χ2n) is 5.44. The number of nitrogens with zero attached hydrogens (tertiary/aromatic N) is 1. The molecule has 5 heteroatoms. The van der Waals surface area contributed by atoms with E-state index in [1.54, 1.807) is 6.26 Å². The lowest BCUT2D eigenvalue weighted by Crippen LogP contribution is -2.41. The maximum atomic E-state index is 12.1. The molecule has 0 saturated heterocycles. The van der Waals surface area contributed by atoms with Crippen LogP contribution in [0.15, 0.2) is 22.8 Å². The number of amides is 1. The van der Waals surface area contributed by atoms with Crippen LogP contribution < -0.4 is 11.1 Å². The second-order valence-corrected chi connectivity index (χ2v) is 5.44. The molecule has 106 valence electrons. The Morgan fingerprint density at radius 2 is 2.37 bits per heavy atom. The van der Waals surface area contributed by atoms with Crippen LogP contribution in [-0.4, -0.2) is 37.5 Å². The van der Waals surface area contributed by atoms with Crippen molar-refractivity contribution < 1.29 is 9.21 Å². The summed E-state index contributed by atoms with van der Waals surface area (Å²) in [6.45, 7) is 0.544. The summed E-state index contributed by atoms with van der Waals surface area (Å²) in [6, 6.07) is 3.86. The molecule has 19 heavy (non-hydrogen) atoms. The lowest BCUT2D eigenvalue weighted by molar-refractivity contribution is -0.125. The Kier molecular flexibility index (Phi) is 4.61. The van der Waals surface area contributed by atoms with Crippen molar-refractivity contribution >= 4 is 5.91 Å². The summed E-state index contributed by atoms with van der Waals surface area (Å²) in [5, 5.41) is 3.00. The average Bonchev–Trinajstić information content (AvgIpc) is 3.00. The number of nitrogens with two attached hydrogens (primary N) is 1. The normalized spacial score (nSPS) is 24.6. The van der Waals surface area contributed by atoms with Crippen LogP contribution in [0.3, 0.4) is 0 Å². The highest BCUT2D eigenvalue weighted by Crippen LogP contribution is 2.24. The first kappa shape index (κ1) is 14.1. The van der Waals surface area contributed by atoms with Crippen molar-refractivity contribution in [3.05, 3.63) is 24.2 Å². The van der Waals surface area contributed by atoms with E-state index in [9.17, 15) is 4.79 Å². The van der Waals surface area contributed by atoms with E-state index in [2.05, 4.69) is 5.32 Å².